The Morgan fingerprint density at radius 2 is 2.08 bits per heavy atom. The van der Waals surface area contributed by atoms with Crippen molar-refractivity contribution in [3.63, 3.8) is 0 Å². The van der Waals surface area contributed by atoms with Gasteiger partial charge in [0.05, 0.1) is 0 Å². The van der Waals surface area contributed by atoms with Gasteiger partial charge >= 0.3 is 0 Å². The number of aromatic nitrogens is 1. The van der Waals surface area contributed by atoms with Gasteiger partial charge in [0.15, 0.2) is 0 Å². The zero-order valence-electron chi connectivity index (χ0n) is 8.44. The molecule has 0 amide bonds. The Morgan fingerprint density at radius 1 is 1.42 bits per heavy atom. The minimum Gasteiger partial charge on any atom is -0.352 e. The lowest BCUT2D eigenvalue weighted by Gasteiger charge is -2.01. The summed E-state index contributed by atoms with van der Waals surface area (Å²) in [6.07, 6.45) is 1.13. The molecule has 1 rings (SSSR count). The second-order valence-electron chi connectivity index (χ2n) is 3.31. The Hall–Kier alpha value is -0.760. The number of nitrogens with one attached hydrogen (secondary N) is 1. The van der Waals surface area contributed by atoms with Crippen molar-refractivity contribution in [3.8, 4) is 0 Å². The number of nitrogens with zero attached hydrogens (tertiary/aromatic N) is 1. The summed E-state index contributed by atoms with van der Waals surface area (Å²) in [5.74, 6) is 0. The molecule has 68 valence electrons. The van der Waals surface area contributed by atoms with E-state index in [1.165, 1.54) is 17.0 Å². The minimum atomic E-state index is 1.06. The van der Waals surface area contributed by atoms with Crippen molar-refractivity contribution in [2.75, 3.05) is 13.6 Å². The minimum absolute atomic E-state index is 1.06. The third kappa shape index (κ3) is 1.69. The normalized spacial score (nSPS) is 10.7. The van der Waals surface area contributed by atoms with E-state index >= 15 is 0 Å². The molecule has 0 aromatic carbocycles. The van der Waals surface area contributed by atoms with Crippen LogP contribution in [-0.4, -0.2) is 18.2 Å². The summed E-state index contributed by atoms with van der Waals surface area (Å²) in [5.41, 5.74) is 4.20. The van der Waals surface area contributed by atoms with Gasteiger partial charge in [0.1, 0.15) is 0 Å². The average molecular weight is 166 g/mol. The van der Waals surface area contributed by atoms with Crippen LogP contribution in [0.3, 0.4) is 0 Å². The molecule has 0 aliphatic carbocycles. The van der Waals surface area contributed by atoms with Crippen LogP contribution in [0.15, 0.2) is 6.07 Å². The molecule has 1 aromatic heterocycles. The molecule has 0 saturated carbocycles. The van der Waals surface area contributed by atoms with Crippen molar-refractivity contribution in [3.05, 3.63) is 23.0 Å². The highest BCUT2D eigenvalue weighted by Gasteiger charge is 2.04. The molecule has 0 aliphatic heterocycles. The van der Waals surface area contributed by atoms with Crippen LogP contribution in [0.1, 0.15) is 17.0 Å². The van der Waals surface area contributed by atoms with Gasteiger partial charge in [-0.05, 0) is 45.5 Å². The molecule has 2 heteroatoms. The van der Waals surface area contributed by atoms with E-state index in [4.69, 9.17) is 0 Å². The quantitative estimate of drug-likeness (QED) is 0.718. The molecule has 1 heterocycles. The highest BCUT2D eigenvalue weighted by atomic mass is 14.9. The first-order valence-corrected chi connectivity index (χ1v) is 4.43. The Kier molecular flexibility index (Phi) is 2.93. The van der Waals surface area contributed by atoms with E-state index in [1.54, 1.807) is 0 Å². The van der Waals surface area contributed by atoms with Gasteiger partial charge in [-0.25, -0.2) is 0 Å². The third-order valence-corrected chi connectivity index (χ3v) is 2.52. The van der Waals surface area contributed by atoms with Crippen LogP contribution in [0.5, 0.6) is 0 Å². The largest absolute Gasteiger partial charge is 0.352 e. The van der Waals surface area contributed by atoms with Gasteiger partial charge in [-0.15, -0.1) is 0 Å². The summed E-state index contributed by atoms with van der Waals surface area (Å²) in [6, 6.07) is 2.27. The summed E-state index contributed by atoms with van der Waals surface area (Å²) in [5, 5.41) is 3.16. The van der Waals surface area contributed by atoms with E-state index in [0.29, 0.717) is 0 Å². The van der Waals surface area contributed by atoms with Crippen LogP contribution in [0, 0.1) is 13.8 Å². The van der Waals surface area contributed by atoms with Crippen LogP contribution in [0.25, 0.3) is 0 Å². The first-order chi connectivity index (χ1) is 5.66. The van der Waals surface area contributed by atoms with E-state index in [-0.39, 0.29) is 0 Å². The van der Waals surface area contributed by atoms with Crippen molar-refractivity contribution in [2.45, 2.75) is 20.3 Å². The monoisotopic (exact) mass is 166 g/mol. The van der Waals surface area contributed by atoms with Crippen molar-refractivity contribution in [2.24, 2.45) is 7.05 Å². The van der Waals surface area contributed by atoms with E-state index < -0.39 is 0 Å². The maximum absolute atomic E-state index is 3.16. The highest BCUT2D eigenvalue weighted by Crippen LogP contribution is 2.12. The van der Waals surface area contributed by atoms with Gasteiger partial charge in [-0.1, -0.05) is 0 Å². The second kappa shape index (κ2) is 3.76. The highest BCUT2D eigenvalue weighted by molar-refractivity contribution is 5.26. The number of likely N-dealkylation sites (N-methyl/N-ethyl adjacent to an activating group) is 1. The first-order valence-electron chi connectivity index (χ1n) is 4.43. The average Bonchev–Trinajstić information content (AvgIpc) is 2.30. The summed E-state index contributed by atoms with van der Waals surface area (Å²) in [7, 11) is 4.11. The topological polar surface area (TPSA) is 17.0 Å². The van der Waals surface area contributed by atoms with E-state index in [2.05, 4.69) is 36.8 Å². The number of aryl methyl sites for hydroxylation is 1. The van der Waals surface area contributed by atoms with Crippen LogP contribution in [0.2, 0.25) is 0 Å². The van der Waals surface area contributed by atoms with Gasteiger partial charge in [0, 0.05) is 18.4 Å². The molecule has 12 heavy (non-hydrogen) atoms. The maximum atomic E-state index is 3.16. The fraction of sp³-hybridized carbons (Fsp3) is 0.600. The Morgan fingerprint density at radius 3 is 2.50 bits per heavy atom. The van der Waals surface area contributed by atoms with Crippen molar-refractivity contribution < 1.29 is 0 Å². The van der Waals surface area contributed by atoms with E-state index in [1.807, 2.05) is 7.05 Å². The smallest absolute Gasteiger partial charge is 0.0175 e. The van der Waals surface area contributed by atoms with Gasteiger partial charge in [0.2, 0.25) is 0 Å². The predicted molar refractivity (Wildman–Crippen MR) is 52.5 cm³/mol. The summed E-state index contributed by atoms with van der Waals surface area (Å²) < 4.78 is 2.24. The van der Waals surface area contributed by atoms with Crippen molar-refractivity contribution in [1.82, 2.24) is 9.88 Å². The molecule has 0 atom stereocenters. The number of rotatable bonds is 3. The molecule has 0 fully saturated rings. The Bertz CT molecular complexity index is 261. The molecule has 0 radical (unpaired) electrons. The molecule has 0 saturated heterocycles. The molecule has 0 spiro atoms. The van der Waals surface area contributed by atoms with Crippen molar-refractivity contribution >= 4 is 0 Å². The first kappa shape index (κ1) is 9.33. The van der Waals surface area contributed by atoms with Crippen molar-refractivity contribution in [1.29, 1.82) is 0 Å². The maximum Gasteiger partial charge on any atom is 0.0175 e. The number of hydrogen-bond acceptors (Lipinski definition) is 1. The fourth-order valence-electron chi connectivity index (χ4n) is 1.45. The van der Waals surface area contributed by atoms with E-state index in [9.17, 15) is 0 Å². The summed E-state index contributed by atoms with van der Waals surface area (Å²) in [4.78, 5) is 0. The standard InChI is InChI=1S/C10H18N2/c1-8-7-10(5-6-11-3)9(2)12(8)4/h7,11H,5-6H2,1-4H3. The van der Waals surface area contributed by atoms with Crippen LogP contribution >= 0.6 is 0 Å². The van der Waals surface area contributed by atoms with Gasteiger partial charge in [0.25, 0.3) is 0 Å². The predicted octanol–water partition coefficient (Wildman–Crippen LogP) is 1.40. The van der Waals surface area contributed by atoms with E-state index in [0.717, 1.165) is 13.0 Å². The lowest BCUT2D eigenvalue weighted by molar-refractivity contribution is 0.778. The molecular formula is C10H18N2. The molecule has 0 bridgehead atoms. The zero-order chi connectivity index (χ0) is 9.14. The fourth-order valence-corrected chi connectivity index (χ4v) is 1.45. The number of hydrogen-bond donors (Lipinski definition) is 1. The molecule has 1 N–H and O–H groups in total. The second-order valence-corrected chi connectivity index (χ2v) is 3.31. The third-order valence-electron chi connectivity index (χ3n) is 2.52. The molecule has 1 aromatic rings. The lowest BCUT2D eigenvalue weighted by Crippen LogP contribution is -2.10. The van der Waals surface area contributed by atoms with Crippen LogP contribution in [0.4, 0.5) is 0 Å². The molecule has 0 aliphatic rings. The van der Waals surface area contributed by atoms with Gasteiger partial charge < -0.3 is 9.88 Å². The SMILES string of the molecule is CNCCc1cc(C)n(C)c1C. The Labute approximate surface area is 74.6 Å². The zero-order valence-corrected chi connectivity index (χ0v) is 8.44. The van der Waals surface area contributed by atoms with Gasteiger partial charge in [-0.3, -0.25) is 0 Å². The van der Waals surface area contributed by atoms with Gasteiger partial charge in [-0.2, -0.15) is 0 Å². The molecule has 2 nitrogen and oxygen atoms in total. The molecule has 0 unspecified atom stereocenters. The van der Waals surface area contributed by atoms with Crippen LogP contribution in [-0.2, 0) is 13.5 Å². The lowest BCUT2D eigenvalue weighted by atomic mass is 10.2. The molecular weight excluding hydrogens is 148 g/mol. The summed E-state index contributed by atoms with van der Waals surface area (Å²) >= 11 is 0. The Balaban J connectivity index is 2.79. The summed E-state index contributed by atoms with van der Waals surface area (Å²) in [6.45, 7) is 5.39. The van der Waals surface area contributed by atoms with Crippen LogP contribution < -0.4 is 5.32 Å².